The van der Waals surface area contributed by atoms with E-state index in [0.29, 0.717) is 13.0 Å². The fraction of sp³-hybridized carbons (Fsp3) is 0.500. The Kier molecular flexibility index (Phi) is 6.67. The molecule has 0 radical (unpaired) electrons. The standard InChI is InChI=1S/C14H22ClN3O/c1-4-17-10-11-5-6-13(12(15)9-11)18(3)8-7-14(19)16-2/h5-6,9,17H,4,7-8,10H2,1-3H3,(H,16,19). The van der Waals surface area contributed by atoms with Crippen LogP contribution in [0.3, 0.4) is 0 Å². The lowest BCUT2D eigenvalue weighted by Gasteiger charge is -2.20. The Morgan fingerprint density at radius 3 is 2.74 bits per heavy atom. The van der Waals surface area contributed by atoms with Crippen molar-refractivity contribution in [3.8, 4) is 0 Å². The third-order valence-corrected chi connectivity index (χ3v) is 3.26. The maximum absolute atomic E-state index is 11.2. The molecule has 0 fully saturated rings. The quantitative estimate of drug-likeness (QED) is 0.805. The SMILES string of the molecule is CCNCc1ccc(N(C)CCC(=O)NC)c(Cl)c1. The minimum absolute atomic E-state index is 0.0340. The Morgan fingerprint density at radius 1 is 1.42 bits per heavy atom. The third-order valence-electron chi connectivity index (χ3n) is 2.96. The molecule has 0 unspecified atom stereocenters. The van der Waals surface area contributed by atoms with Crippen molar-refractivity contribution in [1.29, 1.82) is 0 Å². The highest BCUT2D eigenvalue weighted by molar-refractivity contribution is 6.33. The molecule has 1 rings (SSSR count). The van der Waals surface area contributed by atoms with Gasteiger partial charge < -0.3 is 15.5 Å². The van der Waals surface area contributed by atoms with Crippen LogP contribution in [0.4, 0.5) is 5.69 Å². The average Bonchev–Trinajstić information content (AvgIpc) is 2.42. The van der Waals surface area contributed by atoms with Gasteiger partial charge in [-0.2, -0.15) is 0 Å². The second kappa shape index (κ2) is 8.02. The number of anilines is 1. The lowest BCUT2D eigenvalue weighted by molar-refractivity contribution is -0.120. The number of hydrogen-bond donors (Lipinski definition) is 2. The van der Waals surface area contributed by atoms with Gasteiger partial charge in [-0.1, -0.05) is 24.6 Å². The van der Waals surface area contributed by atoms with Crippen LogP contribution in [0.1, 0.15) is 18.9 Å². The van der Waals surface area contributed by atoms with Gasteiger partial charge in [0.25, 0.3) is 0 Å². The summed E-state index contributed by atoms with van der Waals surface area (Å²) in [7, 11) is 3.58. The summed E-state index contributed by atoms with van der Waals surface area (Å²) in [6.45, 7) is 4.47. The summed E-state index contributed by atoms with van der Waals surface area (Å²) in [5.74, 6) is 0.0340. The summed E-state index contributed by atoms with van der Waals surface area (Å²) >= 11 is 6.28. The summed E-state index contributed by atoms with van der Waals surface area (Å²) < 4.78 is 0. The maximum Gasteiger partial charge on any atom is 0.221 e. The van der Waals surface area contributed by atoms with E-state index >= 15 is 0 Å². The van der Waals surface area contributed by atoms with E-state index in [9.17, 15) is 4.79 Å². The third kappa shape index (κ3) is 5.09. The smallest absolute Gasteiger partial charge is 0.221 e. The molecule has 5 heteroatoms. The molecule has 0 atom stereocenters. The highest BCUT2D eigenvalue weighted by Gasteiger charge is 2.08. The molecule has 0 aromatic heterocycles. The van der Waals surface area contributed by atoms with Gasteiger partial charge in [0.2, 0.25) is 5.91 Å². The van der Waals surface area contributed by atoms with Gasteiger partial charge in [0, 0.05) is 33.6 Å². The van der Waals surface area contributed by atoms with Crippen LogP contribution in [0.2, 0.25) is 5.02 Å². The fourth-order valence-electron chi connectivity index (χ4n) is 1.75. The monoisotopic (exact) mass is 283 g/mol. The molecule has 0 aliphatic heterocycles. The van der Waals surface area contributed by atoms with Gasteiger partial charge >= 0.3 is 0 Å². The van der Waals surface area contributed by atoms with E-state index in [1.165, 1.54) is 0 Å². The topological polar surface area (TPSA) is 44.4 Å². The van der Waals surface area contributed by atoms with E-state index in [4.69, 9.17) is 11.6 Å². The summed E-state index contributed by atoms with van der Waals surface area (Å²) in [4.78, 5) is 13.2. The summed E-state index contributed by atoms with van der Waals surface area (Å²) in [6.07, 6.45) is 0.461. The Morgan fingerprint density at radius 2 is 2.16 bits per heavy atom. The highest BCUT2D eigenvalue weighted by Crippen LogP contribution is 2.26. The van der Waals surface area contributed by atoms with Gasteiger partial charge in [-0.3, -0.25) is 4.79 Å². The minimum Gasteiger partial charge on any atom is -0.373 e. The van der Waals surface area contributed by atoms with E-state index < -0.39 is 0 Å². The molecular formula is C14H22ClN3O. The van der Waals surface area contributed by atoms with Crippen LogP contribution in [-0.4, -0.2) is 33.1 Å². The molecule has 0 saturated heterocycles. The van der Waals surface area contributed by atoms with E-state index in [1.807, 2.05) is 24.1 Å². The molecule has 2 N–H and O–H groups in total. The lowest BCUT2D eigenvalue weighted by Crippen LogP contribution is -2.26. The molecule has 4 nitrogen and oxygen atoms in total. The number of carbonyl (C=O) groups excluding carboxylic acids is 1. The van der Waals surface area contributed by atoms with Crippen LogP contribution in [-0.2, 0) is 11.3 Å². The highest BCUT2D eigenvalue weighted by atomic mass is 35.5. The van der Waals surface area contributed by atoms with Crippen LogP contribution in [0, 0.1) is 0 Å². The number of nitrogens with zero attached hydrogens (tertiary/aromatic N) is 1. The van der Waals surface area contributed by atoms with Crippen molar-refractivity contribution >= 4 is 23.2 Å². The number of amides is 1. The Balaban J connectivity index is 2.64. The first-order valence-electron chi connectivity index (χ1n) is 6.49. The van der Waals surface area contributed by atoms with Crippen LogP contribution >= 0.6 is 11.6 Å². The van der Waals surface area contributed by atoms with Crippen LogP contribution < -0.4 is 15.5 Å². The Hall–Kier alpha value is -1.26. The number of rotatable bonds is 7. The van der Waals surface area contributed by atoms with Crippen LogP contribution in [0.15, 0.2) is 18.2 Å². The molecule has 0 aliphatic carbocycles. The second-order valence-corrected chi connectivity index (χ2v) is 4.82. The van der Waals surface area contributed by atoms with E-state index in [2.05, 4.69) is 23.6 Å². The molecule has 106 valence electrons. The van der Waals surface area contributed by atoms with Crippen molar-refractivity contribution in [1.82, 2.24) is 10.6 Å². The number of nitrogens with one attached hydrogen (secondary N) is 2. The summed E-state index contributed by atoms with van der Waals surface area (Å²) in [5.41, 5.74) is 2.11. The van der Waals surface area contributed by atoms with E-state index in [1.54, 1.807) is 7.05 Å². The average molecular weight is 284 g/mol. The lowest BCUT2D eigenvalue weighted by atomic mass is 10.2. The molecule has 0 spiro atoms. The van der Waals surface area contributed by atoms with Gasteiger partial charge in [0.15, 0.2) is 0 Å². The first-order chi connectivity index (χ1) is 9.08. The molecular weight excluding hydrogens is 262 g/mol. The Labute approximate surface area is 120 Å². The molecule has 0 bridgehead atoms. The zero-order chi connectivity index (χ0) is 14.3. The van der Waals surface area contributed by atoms with Gasteiger partial charge in [-0.05, 0) is 24.2 Å². The van der Waals surface area contributed by atoms with Gasteiger partial charge in [0.05, 0.1) is 10.7 Å². The van der Waals surface area contributed by atoms with Crippen LogP contribution in [0.5, 0.6) is 0 Å². The van der Waals surface area contributed by atoms with Gasteiger partial charge in [-0.15, -0.1) is 0 Å². The molecule has 1 amide bonds. The summed E-state index contributed by atoms with van der Waals surface area (Å²) in [5, 5.41) is 6.59. The number of halogens is 1. The van der Waals surface area contributed by atoms with Gasteiger partial charge in [0.1, 0.15) is 0 Å². The zero-order valence-corrected chi connectivity index (χ0v) is 12.5. The summed E-state index contributed by atoms with van der Waals surface area (Å²) in [6, 6.07) is 6.02. The zero-order valence-electron chi connectivity index (χ0n) is 11.8. The van der Waals surface area contributed by atoms with Crippen molar-refractivity contribution in [3.63, 3.8) is 0 Å². The van der Waals surface area contributed by atoms with Crippen molar-refractivity contribution < 1.29 is 4.79 Å². The van der Waals surface area contributed by atoms with Crippen molar-refractivity contribution in [3.05, 3.63) is 28.8 Å². The van der Waals surface area contributed by atoms with E-state index in [0.717, 1.165) is 29.4 Å². The molecule has 1 aromatic rings. The maximum atomic E-state index is 11.2. The molecule has 0 heterocycles. The molecule has 19 heavy (non-hydrogen) atoms. The fourth-order valence-corrected chi connectivity index (χ4v) is 2.10. The Bertz CT molecular complexity index is 423. The predicted molar refractivity (Wildman–Crippen MR) is 80.8 cm³/mol. The minimum atomic E-state index is 0.0340. The number of carbonyl (C=O) groups is 1. The van der Waals surface area contributed by atoms with Crippen LogP contribution in [0.25, 0.3) is 0 Å². The second-order valence-electron chi connectivity index (χ2n) is 4.41. The van der Waals surface area contributed by atoms with Gasteiger partial charge in [-0.25, -0.2) is 0 Å². The normalized spacial score (nSPS) is 10.3. The predicted octanol–water partition coefficient (Wildman–Crippen LogP) is 2.02. The molecule has 1 aromatic carbocycles. The first kappa shape index (κ1) is 15.8. The van der Waals surface area contributed by atoms with Crippen molar-refractivity contribution in [2.75, 3.05) is 32.1 Å². The van der Waals surface area contributed by atoms with Crippen molar-refractivity contribution in [2.45, 2.75) is 19.9 Å². The molecule has 0 aliphatic rings. The largest absolute Gasteiger partial charge is 0.373 e. The number of hydrogen-bond acceptors (Lipinski definition) is 3. The number of benzene rings is 1. The molecule has 0 saturated carbocycles. The van der Waals surface area contributed by atoms with E-state index in [-0.39, 0.29) is 5.91 Å². The van der Waals surface area contributed by atoms with Crippen molar-refractivity contribution in [2.24, 2.45) is 0 Å². The first-order valence-corrected chi connectivity index (χ1v) is 6.87.